The smallest absolute Gasteiger partial charge is 0.170 e. The molecular weight excluding hydrogens is 195 g/mol. The first-order valence-corrected chi connectivity index (χ1v) is 4.63. The predicted molar refractivity (Wildman–Crippen MR) is 54.5 cm³/mol. The quantitative estimate of drug-likeness (QED) is 0.819. The highest BCUT2D eigenvalue weighted by Gasteiger charge is 2.12. The van der Waals surface area contributed by atoms with E-state index in [0.717, 1.165) is 5.56 Å². The molecule has 0 amide bonds. The van der Waals surface area contributed by atoms with Gasteiger partial charge in [-0.1, -0.05) is 17.3 Å². The lowest BCUT2D eigenvalue weighted by Gasteiger charge is -1.97. The third-order valence-corrected chi connectivity index (χ3v) is 2.30. The van der Waals surface area contributed by atoms with Crippen LogP contribution in [0, 0.1) is 12.7 Å². The van der Waals surface area contributed by atoms with Crippen molar-refractivity contribution in [2.24, 2.45) is 5.73 Å². The fraction of sp³-hybridized carbons (Fsp3) is 0.182. The highest BCUT2D eigenvalue weighted by Crippen LogP contribution is 2.25. The molecule has 0 aliphatic rings. The molecule has 15 heavy (non-hydrogen) atoms. The Morgan fingerprint density at radius 2 is 2.27 bits per heavy atom. The molecule has 1 aromatic heterocycles. The minimum absolute atomic E-state index is 0.294. The summed E-state index contributed by atoms with van der Waals surface area (Å²) in [5, 5.41) is 3.82. The number of aromatic nitrogens is 1. The lowest BCUT2D eigenvalue weighted by Crippen LogP contribution is -1.97. The van der Waals surface area contributed by atoms with Crippen molar-refractivity contribution in [1.29, 1.82) is 0 Å². The van der Waals surface area contributed by atoms with Crippen molar-refractivity contribution < 1.29 is 8.91 Å². The average Bonchev–Trinajstić information content (AvgIpc) is 2.59. The van der Waals surface area contributed by atoms with E-state index in [1.54, 1.807) is 12.1 Å². The van der Waals surface area contributed by atoms with Crippen LogP contribution in [0.5, 0.6) is 0 Å². The van der Waals surface area contributed by atoms with Gasteiger partial charge in [-0.05, 0) is 19.1 Å². The maximum Gasteiger partial charge on any atom is 0.170 e. The van der Waals surface area contributed by atoms with Crippen LogP contribution in [0.3, 0.4) is 0 Å². The molecule has 0 radical (unpaired) electrons. The Hall–Kier alpha value is -1.68. The molecule has 0 fully saturated rings. The molecule has 1 heterocycles. The van der Waals surface area contributed by atoms with Crippen molar-refractivity contribution in [3.05, 3.63) is 41.3 Å². The molecular formula is C11H11FN2O. The molecule has 0 atom stereocenters. The van der Waals surface area contributed by atoms with Crippen LogP contribution in [-0.2, 0) is 6.54 Å². The molecule has 0 unspecified atom stereocenters. The third-order valence-electron chi connectivity index (χ3n) is 2.30. The number of rotatable bonds is 2. The second kappa shape index (κ2) is 3.82. The molecule has 4 heteroatoms. The number of hydrogen-bond donors (Lipinski definition) is 1. The number of nitrogens with two attached hydrogens (primary N) is 1. The van der Waals surface area contributed by atoms with Crippen LogP contribution < -0.4 is 5.73 Å². The lowest BCUT2D eigenvalue weighted by atomic mass is 10.1. The zero-order chi connectivity index (χ0) is 10.8. The standard InChI is InChI=1S/C11H11FN2O/c1-7-10(6-13)14-15-11(7)8-3-2-4-9(12)5-8/h2-5H,6,13H2,1H3. The maximum atomic E-state index is 13.0. The van der Waals surface area contributed by atoms with Crippen LogP contribution in [0.25, 0.3) is 11.3 Å². The summed E-state index contributed by atoms with van der Waals surface area (Å²) in [5.74, 6) is 0.285. The second-order valence-electron chi connectivity index (χ2n) is 3.30. The Morgan fingerprint density at radius 3 is 2.87 bits per heavy atom. The van der Waals surface area contributed by atoms with Crippen LogP contribution in [0.2, 0.25) is 0 Å². The van der Waals surface area contributed by atoms with Gasteiger partial charge in [0.1, 0.15) is 11.5 Å². The van der Waals surface area contributed by atoms with E-state index in [9.17, 15) is 4.39 Å². The number of hydrogen-bond acceptors (Lipinski definition) is 3. The first kappa shape index (κ1) is 9.86. The molecule has 2 N–H and O–H groups in total. The first-order chi connectivity index (χ1) is 7.22. The zero-order valence-electron chi connectivity index (χ0n) is 8.33. The first-order valence-electron chi connectivity index (χ1n) is 4.63. The van der Waals surface area contributed by atoms with Gasteiger partial charge in [0.25, 0.3) is 0 Å². The van der Waals surface area contributed by atoms with Gasteiger partial charge in [0.15, 0.2) is 5.76 Å². The Morgan fingerprint density at radius 1 is 1.47 bits per heavy atom. The minimum Gasteiger partial charge on any atom is -0.356 e. The van der Waals surface area contributed by atoms with Gasteiger partial charge in [-0.15, -0.1) is 0 Å². The molecule has 0 aliphatic heterocycles. The summed E-state index contributed by atoms with van der Waals surface area (Å²) in [5.41, 5.74) is 7.72. The van der Waals surface area contributed by atoms with E-state index >= 15 is 0 Å². The Kier molecular flexibility index (Phi) is 2.51. The molecule has 0 saturated heterocycles. The summed E-state index contributed by atoms with van der Waals surface area (Å²) in [6, 6.07) is 6.21. The SMILES string of the molecule is Cc1c(CN)noc1-c1cccc(F)c1. The van der Waals surface area contributed by atoms with Crippen LogP contribution in [-0.4, -0.2) is 5.16 Å². The zero-order valence-corrected chi connectivity index (χ0v) is 8.33. The molecule has 0 aliphatic carbocycles. The van der Waals surface area contributed by atoms with Gasteiger partial charge in [0.05, 0.1) is 0 Å². The summed E-state index contributed by atoms with van der Waals surface area (Å²) in [6.45, 7) is 2.18. The highest BCUT2D eigenvalue weighted by atomic mass is 19.1. The predicted octanol–water partition coefficient (Wildman–Crippen LogP) is 2.25. The van der Waals surface area contributed by atoms with Gasteiger partial charge in [0.2, 0.25) is 0 Å². The molecule has 3 nitrogen and oxygen atoms in total. The Balaban J connectivity index is 2.49. The van der Waals surface area contributed by atoms with E-state index in [2.05, 4.69) is 5.16 Å². The molecule has 2 rings (SSSR count). The van der Waals surface area contributed by atoms with Crippen molar-refractivity contribution in [3.8, 4) is 11.3 Å². The molecule has 0 bridgehead atoms. The van der Waals surface area contributed by atoms with E-state index in [0.29, 0.717) is 23.6 Å². The van der Waals surface area contributed by atoms with Crippen molar-refractivity contribution in [2.45, 2.75) is 13.5 Å². The molecule has 1 aromatic carbocycles. The number of benzene rings is 1. The van der Waals surface area contributed by atoms with Crippen molar-refractivity contribution in [3.63, 3.8) is 0 Å². The lowest BCUT2D eigenvalue weighted by molar-refractivity contribution is 0.423. The molecule has 0 saturated carbocycles. The highest BCUT2D eigenvalue weighted by molar-refractivity contribution is 5.61. The van der Waals surface area contributed by atoms with E-state index in [1.807, 2.05) is 6.92 Å². The van der Waals surface area contributed by atoms with Gasteiger partial charge in [0, 0.05) is 17.7 Å². The number of halogens is 1. The van der Waals surface area contributed by atoms with Crippen LogP contribution in [0.4, 0.5) is 4.39 Å². The van der Waals surface area contributed by atoms with E-state index in [1.165, 1.54) is 12.1 Å². The Bertz CT molecular complexity index is 479. The topological polar surface area (TPSA) is 52.0 Å². The minimum atomic E-state index is -0.294. The summed E-state index contributed by atoms with van der Waals surface area (Å²) >= 11 is 0. The van der Waals surface area contributed by atoms with E-state index in [-0.39, 0.29) is 5.82 Å². The van der Waals surface area contributed by atoms with Crippen LogP contribution in [0.1, 0.15) is 11.3 Å². The third kappa shape index (κ3) is 1.76. The molecule has 2 aromatic rings. The summed E-state index contributed by atoms with van der Waals surface area (Å²) in [6.07, 6.45) is 0. The summed E-state index contributed by atoms with van der Waals surface area (Å²) in [4.78, 5) is 0. The average molecular weight is 206 g/mol. The van der Waals surface area contributed by atoms with E-state index < -0.39 is 0 Å². The van der Waals surface area contributed by atoms with Gasteiger partial charge in [-0.25, -0.2) is 4.39 Å². The van der Waals surface area contributed by atoms with Gasteiger partial charge < -0.3 is 10.3 Å². The van der Waals surface area contributed by atoms with Crippen molar-refractivity contribution in [1.82, 2.24) is 5.16 Å². The monoisotopic (exact) mass is 206 g/mol. The normalized spacial score (nSPS) is 10.6. The van der Waals surface area contributed by atoms with Gasteiger partial charge in [-0.2, -0.15) is 0 Å². The molecule has 0 spiro atoms. The van der Waals surface area contributed by atoms with Gasteiger partial charge >= 0.3 is 0 Å². The largest absolute Gasteiger partial charge is 0.356 e. The fourth-order valence-corrected chi connectivity index (χ4v) is 1.46. The van der Waals surface area contributed by atoms with E-state index in [4.69, 9.17) is 10.3 Å². The van der Waals surface area contributed by atoms with Crippen LogP contribution in [0.15, 0.2) is 28.8 Å². The maximum absolute atomic E-state index is 13.0. The molecule has 78 valence electrons. The summed E-state index contributed by atoms with van der Waals surface area (Å²) in [7, 11) is 0. The van der Waals surface area contributed by atoms with Crippen molar-refractivity contribution >= 4 is 0 Å². The Labute approximate surface area is 86.7 Å². The summed E-state index contributed by atoms with van der Waals surface area (Å²) < 4.78 is 18.1. The fourth-order valence-electron chi connectivity index (χ4n) is 1.46. The van der Waals surface area contributed by atoms with Crippen LogP contribution >= 0.6 is 0 Å². The number of nitrogens with zero attached hydrogens (tertiary/aromatic N) is 1. The van der Waals surface area contributed by atoms with Gasteiger partial charge in [-0.3, -0.25) is 0 Å². The second-order valence-corrected chi connectivity index (χ2v) is 3.30. The van der Waals surface area contributed by atoms with Crippen molar-refractivity contribution in [2.75, 3.05) is 0 Å².